The number of allylic oxidation sites excluding steroid dienone is 2. The van der Waals surface area contributed by atoms with Gasteiger partial charge in [-0.25, -0.2) is 0 Å². The van der Waals surface area contributed by atoms with Gasteiger partial charge in [0.05, 0.1) is 12.2 Å². The Labute approximate surface area is 141 Å². The van der Waals surface area contributed by atoms with Crippen molar-refractivity contribution >= 4 is 5.97 Å². The molecule has 0 radical (unpaired) electrons. The third-order valence-corrected chi connectivity index (χ3v) is 4.05. The van der Waals surface area contributed by atoms with Crippen molar-refractivity contribution in [2.75, 3.05) is 0 Å². The second kappa shape index (κ2) is 16.0. The maximum Gasteiger partial charge on any atom is 0.303 e. The van der Waals surface area contributed by atoms with E-state index < -0.39 is 5.97 Å². The predicted molar refractivity (Wildman–Crippen MR) is 94.5 cm³/mol. The minimum Gasteiger partial charge on any atom is -0.481 e. The number of carboxylic acid groups (broad SMARTS) is 1. The topological polar surface area (TPSA) is 77.8 Å². The van der Waals surface area contributed by atoms with Gasteiger partial charge in [-0.3, -0.25) is 4.79 Å². The lowest BCUT2D eigenvalue weighted by atomic mass is 10.0. The molecule has 0 aromatic heterocycles. The van der Waals surface area contributed by atoms with E-state index in [1.165, 1.54) is 0 Å². The summed E-state index contributed by atoms with van der Waals surface area (Å²) in [6.07, 6.45) is 14.7. The summed E-state index contributed by atoms with van der Waals surface area (Å²) in [5, 5.41) is 28.3. The summed E-state index contributed by atoms with van der Waals surface area (Å²) >= 11 is 0. The van der Waals surface area contributed by atoms with Gasteiger partial charge in [-0.1, -0.05) is 51.2 Å². The third-order valence-electron chi connectivity index (χ3n) is 4.05. The van der Waals surface area contributed by atoms with Crippen molar-refractivity contribution in [3.8, 4) is 0 Å². The van der Waals surface area contributed by atoms with E-state index in [2.05, 4.69) is 19.1 Å². The summed E-state index contributed by atoms with van der Waals surface area (Å²) in [5.41, 5.74) is 0. The van der Waals surface area contributed by atoms with Crippen LogP contribution in [-0.4, -0.2) is 33.5 Å². The van der Waals surface area contributed by atoms with Gasteiger partial charge >= 0.3 is 5.97 Å². The molecular weight excluding hydrogens is 292 g/mol. The van der Waals surface area contributed by atoms with E-state index in [-0.39, 0.29) is 18.6 Å². The molecule has 0 fully saturated rings. The minimum atomic E-state index is -0.722. The zero-order valence-electron chi connectivity index (χ0n) is 14.8. The van der Waals surface area contributed by atoms with Gasteiger partial charge in [0.15, 0.2) is 0 Å². The minimum absolute atomic E-state index is 0.258. The highest BCUT2D eigenvalue weighted by atomic mass is 16.4. The number of aliphatic hydroxyl groups excluding tert-OH is 2. The molecule has 0 rings (SSSR count). The van der Waals surface area contributed by atoms with Gasteiger partial charge in [-0.15, -0.1) is 0 Å². The van der Waals surface area contributed by atoms with Gasteiger partial charge in [0, 0.05) is 6.42 Å². The van der Waals surface area contributed by atoms with Gasteiger partial charge in [-0.05, 0) is 44.9 Å². The van der Waals surface area contributed by atoms with E-state index in [9.17, 15) is 15.0 Å². The van der Waals surface area contributed by atoms with Crippen molar-refractivity contribution in [1.29, 1.82) is 0 Å². The Morgan fingerprint density at radius 1 is 0.826 bits per heavy atom. The molecule has 136 valence electrons. The summed E-state index contributed by atoms with van der Waals surface area (Å²) < 4.78 is 0. The predicted octanol–water partition coefficient (Wildman–Crippen LogP) is 4.44. The maximum atomic E-state index is 10.4. The number of hydrogen-bond donors (Lipinski definition) is 3. The smallest absolute Gasteiger partial charge is 0.303 e. The molecule has 0 spiro atoms. The number of hydrogen-bond acceptors (Lipinski definition) is 3. The first-order chi connectivity index (χ1) is 11.1. The van der Waals surface area contributed by atoms with Crippen molar-refractivity contribution in [1.82, 2.24) is 0 Å². The summed E-state index contributed by atoms with van der Waals surface area (Å²) in [4.78, 5) is 10.4. The molecule has 0 aliphatic carbocycles. The molecule has 2 atom stereocenters. The Morgan fingerprint density at radius 2 is 1.39 bits per heavy atom. The molecule has 0 aromatic rings. The van der Waals surface area contributed by atoms with Gasteiger partial charge in [0.2, 0.25) is 0 Å². The van der Waals surface area contributed by atoms with E-state index in [4.69, 9.17) is 5.11 Å². The van der Waals surface area contributed by atoms with E-state index in [1.54, 1.807) is 0 Å². The summed E-state index contributed by atoms with van der Waals surface area (Å²) in [5.74, 6) is -0.722. The number of aliphatic hydroxyl groups is 2. The second-order valence-electron chi connectivity index (χ2n) is 6.42. The molecule has 0 aliphatic heterocycles. The van der Waals surface area contributed by atoms with Crippen molar-refractivity contribution in [3.63, 3.8) is 0 Å². The van der Waals surface area contributed by atoms with Crippen LogP contribution in [0.1, 0.15) is 90.4 Å². The van der Waals surface area contributed by atoms with Gasteiger partial charge in [0.25, 0.3) is 0 Å². The Balaban J connectivity index is 3.41. The molecular formula is C19H36O4. The summed E-state index contributed by atoms with van der Waals surface area (Å²) in [6, 6.07) is 0. The van der Waals surface area contributed by atoms with Crippen LogP contribution in [0.25, 0.3) is 0 Å². The van der Waals surface area contributed by atoms with Crippen molar-refractivity contribution in [2.45, 2.75) is 103 Å². The Kier molecular flexibility index (Phi) is 15.4. The highest BCUT2D eigenvalue weighted by Gasteiger charge is 2.08. The molecule has 4 heteroatoms. The third kappa shape index (κ3) is 17.3. The van der Waals surface area contributed by atoms with E-state index >= 15 is 0 Å². The van der Waals surface area contributed by atoms with Gasteiger partial charge in [-0.2, -0.15) is 0 Å². The van der Waals surface area contributed by atoms with Crippen LogP contribution >= 0.6 is 0 Å². The molecule has 0 amide bonds. The molecule has 0 bridgehead atoms. The number of carbonyl (C=O) groups is 1. The fourth-order valence-corrected chi connectivity index (χ4v) is 2.55. The fourth-order valence-electron chi connectivity index (χ4n) is 2.55. The number of carboxylic acids is 1. The molecule has 0 heterocycles. The zero-order chi connectivity index (χ0) is 17.3. The van der Waals surface area contributed by atoms with E-state index in [0.29, 0.717) is 12.8 Å². The standard InChI is InChI=1S/C19H36O4/c1-2-3-4-6-9-12-17(20)15-16-18(21)13-10-7-5-8-11-14-19(22)23/h4,6,17-18,20-21H,2-3,5,7-16H2,1H3,(H,22,23)/b6-4+. The van der Waals surface area contributed by atoms with Crippen LogP contribution in [0.2, 0.25) is 0 Å². The first kappa shape index (κ1) is 22.1. The van der Waals surface area contributed by atoms with Crippen LogP contribution in [0.4, 0.5) is 0 Å². The number of rotatable bonds is 16. The maximum absolute atomic E-state index is 10.4. The average molecular weight is 328 g/mol. The summed E-state index contributed by atoms with van der Waals surface area (Å²) in [6.45, 7) is 2.15. The van der Waals surface area contributed by atoms with Crippen molar-refractivity contribution < 1.29 is 20.1 Å². The second-order valence-corrected chi connectivity index (χ2v) is 6.42. The van der Waals surface area contributed by atoms with Crippen LogP contribution in [0.3, 0.4) is 0 Å². The van der Waals surface area contributed by atoms with Crippen LogP contribution in [-0.2, 0) is 4.79 Å². The van der Waals surface area contributed by atoms with Gasteiger partial charge in [0.1, 0.15) is 0 Å². The molecule has 0 saturated carbocycles. The Hall–Kier alpha value is -0.870. The van der Waals surface area contributed by atoms with Gasteiger partial charge < -0.3 is 15.3 Å². The normalized spacial score (nSPS) is 14.2. The SMILES string of the molecule is CCC/C=C/CCC(O)CCC(O)CCCCCCCC(=O)O. The number of unbranched alkanes of at least 4 members (excludes halogenated alkanes) is 5. The number of aliphatic carboxylic acids is 1. The molecule has 0 saturated heterocycles. The average Bonchev–Trinajstić information content (AvgIpc) is 2.51. The highest BCUT2D eigenvalue weighted by molar-refractivity contribution is 5.66. The molecule has 0 aromatic carbocycles. The largest absolute Gasteiger partial charge is 0.481 e. The quantitative estimate of drug-likeness (QED) is 0.289. The molecule has 4 nitrogen and oxygen atoms in total. The monoisotopic (exact) mass is 328 g/mol. The molecule has 0 aliphatic rings. The first-order valence-corrected chi connectivity index (χ1v) is 9.29. The lowest BCUT2D eigenvalue weighted by Gasteiger charge is -2.13. The van der Waals surface area contributed by atoms with Crippen molar-refractivity contribution in [3.05, 3.63) is 12.2 Å². The van der Waals surface area contributed by atoms with Crippen molar-refractivity contribution in [2.24, 2.45) is 0 Å². The van der Waals surface area contributed by atoms with Crippen LogP contribution in [0, 0.1) is 0 Å². The van der Waals surface area contributed by atoms with Crippen LogP contribution in [0.15, 0.2) is 12.2 Å². The Bertz CT molecular complexity index is 302. The molecule has 3 N–H and O–H groups in total. The van der Waals surface area contributed by atoms with E-state index in [0.717, 1.165) is 64.2 Å². The first-order valence-electron chi connectivity index (χ1n) is 9.29. The fraction of sp³-hybridized carbons (Fsp3) is 0.842. The highest BCUT2D eigenvalue weighted by Crippen LogP contribution is 2.14. The molecule has 2 unspecified atom stereocenters. The Morgan fingerprint density at radius 3 is 2.04 bits per heavy atom. The molecule has 23 heavy (non-hydrogen) atoms. The van der Waals surface area contributed by atoms with Crippen LogP contribution in [0.5, 0.6) is 0 Å². The zero-order valence-corrected chi connectivity index (χ0v) is 14.8. The lowest BCUT2D eigenvalue weighted by Crippen LogP contribution is -2.13. The lowest BCUT2D eigenvalue weighted by molar-refractivity contribution is -0.137. The van der Waals surface area contributed by atoms with E-state index in [1.807, 2.05) is 0 Å². The van der Waals surface area contributed by atoms with Crippen LogP contribution < -0.4 is 0 Å². The summed E-state index contributed by atoms with van der Waals surface area (Å²) in [7, 11) is 0.